The average molecular weight is 631 g/mol. The van der Waals surface area contributed by atoms with Gasteiger partial charge < -0.3 is 15.8 Å². The van der Waals surface area contributed by atoms with E-state index in [-0.39, 0.29) is 36.9 Å². The van der Waals surface area contributed by atoms with E-state index in [1.165, 1.54) is 10.9 Å². The van der Waals surface area contributed by atoms with Crippen LogP contribution in [-0.4, -0.2) is 53.0 Å². The van der Waals surface area contributed by atoms with Gasteiger partial charge in [-0.15, -0.1) is 24.8 Å². The molecule has 6 rings (SSSR count). The summed E-state index contributed by atoms with van der Waals surface area (Å²) in [5, 5.41) is 16.6. The van der Waals surface area contributed by atoms with E-state index >= 15 is 0 Å². The van der Waals surface area contributed by atoms with Gasteiger partial charge in [0.2, 0.25) is 0 Å². The lowest BCUT2D eigenvalue weighted by atomic mass is 9.91. The molecule has 4 heterocycles. The Balaban J connectivity index is 0.00000202. The van der Waals surface area contributed by atoms with Crippen molar-refractivity contribution in [2.45, 2.75) is 38.1 Å². The second-order valence-electron chi connectivity index (χ2n) is 10.6. The first kappa shape index (κ1) is 31.7. The number of halogens is 3. The minimum absolute atomic E-state index is 0. The maximum atomic E-state index is 13.4. The van der Waals surface area contributed by atoms with Gasteiger partial charge in [-0.2, -0.15) is 5.10 Å². The van der Waals surface area contributed by atoms with Crippen LogP contribution in [0.3, 0.4) is 0 Å². The van der Waals surface area contributed by atoms with Gasteiger partial charge in [-0.25, -0.2) is 4.98 Å². The van der Waals surface area contributed by atoms with E-state index in [2.05, 4.69) is 32.1 Å². The highest BCUT2D eigenvalue weighted by Gasteiger charge is 2.33. The van der Waals surface area contributed by atoms with Crippen molar-refractivity contribution in [1.29, 1.82) is 0 Å². The van der Waals surface area contributed by atoms with E-state index in [1.54, 1.807) is 11.7 Å². The lowest BCUT2D eigenvalue weighted by molar-refractivity contribution is -0.0364. The van der Waals surface area contributed by atoms with Crippen LogP contribution < -0.4 is 11.3 Å². The maximum Gasteiger partial charge on any atom is 0.281 e. The molecular weight excluding hydrogens is 597 g/mol. The summed E-state index contributed by atoms with van der Waals surface area (Å²) < 4.78 is 3.17. The predicted octanol–water partition coefficient (Wildman–Crippen LogP) is 4.77. The lowest BCUT2D eigenvalue weighted by Gasteiger charge is -2.38. The number of aliphatic hydroxyl groups is 1. The molecule has 4 N–H and O–H groups in total. The third-order valence-electron chi connectivity index (χ3n) is 7.88. The molecule has 0 amide bonds. The maximum absolute atomic E-state index is 13.4. The summed E-state index contributed by atoms with van der Waals surface area (Å²) in [6.45, 7) is 2.73. The summed E-state index contributed by atoms with van der Waals surface area (Å²) in [5.74, 6) is 0. The van der Waals surface area contributed by atoms with Gasteiger partial charge in [-0.3, -0.25) is 18.9 Å². The Labute approximate surface area is 261 Å². The lowest BCUT2D eigenvalue weighted by Crippen LogP contribution is -2.47. The number of nitrogens with zero attached hydrogens (tertiary/aromatic N) is 5. The third-order valence-corrected chi connectivity index (χ3v) is 8.23. The Kier molecular flexibility index (Phi) is 9.82. The molecule has 1 aliphatic rings. The number of aryl methyl sites for hydroxylation is 1. The zero-order valence-corrected chi connectivity index (χ0v) is 25.6. The molecule has 0 aliphatic carbocycles. The van der Waals surface area contributed by atoms with Gasteiger partial charge in [-0.1, -0.05) is 48.0 Å². The Morgan fingerprint density at radius 3 is 2.40 bits per heavy atom. The predicted molar refractivity (Wildman–Crippen MR) is 171 cm³/mol. The Bertz CT molecular complexity index is 1710. The summed E-state index contributed by atoms with van der Waals surface area (Å²) in [5.41, 5.74) is 11.1. The van der Waals surface area contributed by atoms with E-state index in [4.69, 9.17) is 17.3 Å². The zero-order valence-electron chi connectivity index (χ0n) is 23.2. The molecule has 222 valence electrons. The van der Waals surface area contributed by atoms with Crippen molar-refractivity contribution >= 4 is 47.4 Å². The summed E-state index contributed by atoms with van der Waals surface area (Å²) in [7, 11) is 1.81. The fourth-order valence-corrected chi connectivity index (χ4v) is 5.77. The van der Waals surface area contributed by atoms with Crippen molar-refractivity contribution in [3.8, 4) is 22.5 Å². The molecule has 0 unspecified atom stereocenters. The van der Waals surface area contributed by atoms with Gasteiger partial charge in [0.1, 0.15) is 5.52 Å². The molecule has 2 aromatic carbocycles. The molecule has 5 aromatic rings. The van der Waals surface area contributed by atoms with E-state index in [0.717, 1.165) is 38.7 Å². The number of hydrogen-bond acceptors (Lipinski definition) is 6. The number of nitrogens with two attached hydrogens (primary N) is 1. The van der Waals surface area contributed by atoms with Gasteiger partial charge >= 0.3 is 0 Å². The standard InChI is InChI=1S/C30H32ClN7O2.2ClH/c1-36-28(21-6-4-20(16-32)5-7-21)26-27(35-36)29(39)38(19-34-26)18-30(40)10-13-37(14-11-30)17-23-9-8-22(15-24(23)31)25-3-2-12-33-25;;/h2-9,12,15,19,33,40H,10-11,13-14,16-18,32H2,1H3;2*1H. The van der Waals surface area contributed by atoms with Gasteiger partial charge in [-0.05, 0) is 47.7 Å². The first-order valence-corrected chi connectivity index (χ1v) is 13.8. The molecule has 0 saturated carbocycles. The van der Waals surface area contributed by atoms with Crippen LogP contribution in [0.25, 0.3) is 33.5 Å². The van der Waals surface area contributed by atoms with Gasteiger partial charge in [0, 0.05) is 55.7 Å². The van der Waals surface area contributed by atoms with Crippen LogP contribution in [0, 0.1) is 0 Å². The molecule has 12 heteroatoms. The normalized spacial score (nSPS) is 14.9. The number of likely N-dealkylation sites (tertiary alicyclic amines) is 1. The summed E-state index contributed by atoms with van der Waals surface area (Å²) in [4.78, 5) is 23.5. The number of benzene rings is 2. The Hall–Kier alpha value is -3.18. The van der Waals surface area contributed by atoms with Gasteiger partial charge in [0.15, 0.2) is 5.52 Å². The summed E-state index contributed by atoms with van der Waals surface area (Å²) >= 11 is 6.61. The van der Waals surface area contributed by atoms with Crippen LogP contribution in [0.5, 0.6) is 0 Å². The Morgan fingerprint density at radius 1 is 1.05 bits per heavy atom. The molecule has 0 bridgehead atoms. The number of nitrogens with one attached hydrogen (secondary N) is 1. The quantitative estimate of drug-likeness (QED) is 0.238. The molecular formula is C30H34Cl3N7O2. The summed E-state index contributed by atoms with van der Waals surface area (Å²) in [6.07, 6.45) is 4.50. The Morgan fingerprint density at radius 2 is 1.76 bits per heavy atom. The SMILES string of the molecule is Cl.Cl.Cn1nc2c(=O)n(CC3(O)CCN(Cc4ccc(-c5ccc[nH]5)cc4Cl)CC3)cnc2c1-c1ccc(CN)cc1. The van der Waals surface area contributed by atoms with Crippen molar-refractivity contribution in [3.63, 3.8) is 0 Å². The van der Waals surface area contributed by atoms with Crippen molar-refractivity contribution < 1.29 is 5.11 Å². The molecule has 1 saturated heterocycles. The molecule has 1 aliphatic heterocycles. The highest BCUT2D eigenvalue weighted by molar-refractivity contribution is 6.31. The zero-order chi connectivity index (χ0) is 27.9. The number of piperidine rings is 1. The van der Waals surface area contributed by atoms with Crippen molar-refractivity contribution in [2.24, 2.45) is 12.8 Å². The molecule has 1 fully saturated rings. The molecule has 9 nitrogen and oxygen atoms in total. The van der Waals surface area contributed by atoms with E-state index in [9.17, 15) is 9.90 Å². The highest BCUT2D eigenvalue weighted by Crippen LogP contribution is 2.30. The molecule has 3 aromatic heterocycles. The van der Waals surface area contributed by atoms with Crippen LogP contribution in [0.1, 0.15) is 24.0 Å². The number of aromatic amines is 1. The molecule has 42 heavy (non-hydrogen) atoms. The highest BCUT2D eigenvalue weighted by atomic mass is 35.5. The topological polar surface area (TPSA) is 118 Å². The van der Waals surface area contributed by atoms with Crippen molar-refractivity contribution in [2.75, 3.05) is 13.1 Å². The number of H-pyrrole nitrogens is 1. The van der Waals surface area contributed by atoms with Gasteiger partial charge in [0.05, 0.1) is 24.2 Å². The monoisotopic (exact) mass is 629 g/mol. The third kappa shape index (κ3) is 6.27. The molecule has 0 radical (unpaired) electrons. The van der Waals surface area contributed by atoms with Crippen LogP contribution in [0.15, 0.2) is 71.9 Å². The first-order valence-electron chi connectivity index (χ1n) is 13.4. The largest absolute Gasteiger partial charge is 0.388 e. The van der Waals surface area contributed by atoms with Crippen molar-refractivity contribution in [3.05, 3.63) is 93.6 Å². The minimum atomic E-state index is -1.01. The van der Waals surface area contributed by atoms with Gasteiger partial charge in [0.25, 0.3) is 5.56 Å². The number of hydrogen-bond donors (Lipinski definition) is 3. The number of rotatable bonds is 7. The van der Waals surface area contributed by atoms with Crippen LogP contribution in [0.4, 0.5) is 0 Å². The van der Waals surface area contributed by atoms with Crippen LogP contribution in [-0.2, 0) is 26.7 Å². The first-order chi connectivity index (χ1) is 19.3. The van der Waals surface area contributed by atoms with E-state index in [1.807, 2.05) is 48.7 Å². The van der Waals surface area contributed by atoms with Crippen LogP contribution in [0.2, 0.25) is 5.02 Å². The minimum Gasteiger partial charge on any atom is -0.388 e. The van der Waals surface area contributed by atoms with E-state index < -0.39 is 5.60 Å². The van der Waals surface area contributed by atoms with Crippen LogP contribution >= 0.6 is 36.4 Å². The fraction of sp³-hybridized carbons (Fsp3) is 0.300. The number of aromatic nitrogens is 5. The molecule has 0 atom stereocenters. The number of fused-ring (bicyclic) bond motifs is 1. The fourth-order valence-electron chi connectivity index (χ4n) is 5.53. The summed E-state index contributed by atoms with van der Waals surface area (Å²) in [6, 6.07) is 17.9. The second-order valence-corrected chi connectivity index (χ2v) is 11.0. The molecule has 0 spiro atoms. The van der Waals surface area contributed by atoms with Crippen molar-refractivity contribution in [1.82, 2.24) is 29.2 Å². The smallest absolute Gasteiger partial charge is 0.281 e. The average Bonchev–Trinajstić information content (AvgIpc) is 3.61. The van der Waals surface area contributed by atoms with E-state index in [0.29, 0.717) is 50.1 Å². The second kappa shape index (κ2) is 13.0.